The van der Waals surface area contributed by atoms with Gasteiger partial charge in [0.1, 0.15) is 0 Å². The summed E-state index contributed by atoms with van der Waals surface area (Å²) in [4.78, 5) is 19.1. The second-order valence-electron chi connectivity index (χ2n) is 6.13. The number of hydrogen-bond donors (Lipinski definition) is 1. The summed E-state index contributed by atoms with van der Waals surface area (Å²) in [5, 5.41) is 8.55. The van der Waals surface area contributed by atoms with Gasteiger partial charge in [0.15, 0.2) is 5.13 Å². The molecule has 0 spiro atoms. The van der Waals surface area contributed by atoms with Gasteiger partial charge in [-0.25, -0.2) is 4.98 Å². The lowest BCUT2D eigenvalue weighted by Crippen LogP contribution is -2.38. The van der Waals surface area contributed by atoms with Crippen LogP contribution in [0.2, 0.25) is 0 Å². The van der Waals surface area contributed by atoms with Crippen molar-refractivity contribution in [3.8, 4) is 0 Å². The Labute approximate surface area is 145 Å². The Balaban J connectivity index is 1.40. The SMILES string of the molecule is O=C(Cc1cccc2ccccc12)N[C@@H]1CCN(c2nccs2)C1. The van der Waals surface area contributed by atoms with Crippen LogP contribution in [0.3, 0.4) is 0 Å². The van der Waals surface area contributed by atoms with Gasteiger partial charge in [0.25, 0.3) is 0 Å². The van der Waals surface area contributed by atoms with Gasteiger partial charge >= 0.3 is 0 Å². The molecule has 1 aromatic heterocycles. The van der Waals surface area contributed by atoms with E-state index in [0.29, 0.717) is 6.42 Å². The largest absolute Gasteiger partial charge is 0.351 e. The zero-order valence-electron chi connectivity index (χ0n) is 13.3. The van der Waals surface area contributed by atoms with Crippen LogP contribution in [0.1, 0.15) is 12.0 Å². The summed E-state index contributed by atoms with van der Waals surface area (Å²) in [7, 11) is 0. The quantitative estimate of drug-likeness (QED) is 0.795. The van der Waals surface area contributed by atoms with E-state index in [1.165, 1.54) is 5.39 Å². The van der Waals surface area contributed by atoms with Crippen molar-refractivity contribution >= 4 is 33.1 Å². The van der Waals surface area contributed by atoms with Crippen molar-refractivity contribution in [1.82, 2.24) is 10.3 Å². The van der Waals surface area contributed by atoms with Crippen molar-refractivity contribution in [3.63, 3.8) is 0 Å². The number of thiazole rings is 1. The van der Waals surface area contributed by atoms with Gasteiger partial charge in [-0.15, -0.1) is 11.3 Å². The summed E-state index contributed by atoms with van der Waals surface area (Å²) in [5.74, 6) is 0.0948. The molecule has 1 saturated heterocycles. The van der Waals surface area contributed by atoms with Crippen molar-refractivity contribution in [2.24, 2.45) is 0 Å². The predicted octanol–water partition coefficient (Wildman–Crippen LogP) is 3.23. The van der Waals surface area contributed by atoms with Crippen molar-refractivity contribution in [1.29, 1.82) is 0 Å². The van der Waals surface area contributed by atoms with E-state index in [4.69, 9.17) is 0 Å². The molecule has 1 aliphatic heterocycles. The number of benzene rings is 2. The van der Waals surface area contributed by atoms with E-state index in [0.717, 1.165) is 35.6 Å². The molecule has 2 heterocycles. The lowest BCUT2D eigenvalue weighted by molar-refractivity contribution is -0.121. The summed E-state index contributed by atoms with van der Waals surface area (Å²) in [6.07, 6.45) is 3.22. The molecule has 5 heteroatoms. The highest BCUT2D eigenvalue weighted by Gasteiger charge is 2.25. The van der Waals surface area contributed by atoms with Gasteiger partial charge in [-0.05, 0) is 22.8 Å². The molecule has 1 aliphatic rings. The fourth-order valence-corrected chi connectivity index (χ4v) is 4.00. The molecule has 4 rings (SSSR count). The number of hydrogen-bond acceptors (Lipinski definition) is 4. The molecule has 3 aromatic rings. The molecule has 0 radical (unpaired) electrons. The first-order valence-electron chi connectivity index (χ1n) is 8.20. The Bertz CT molecular complexity index is 841. The third-order valence-electron chi connectivity index (χ3n) is 4.47. The molecule has 2 aromatic carbocycles. The first kappa shape index (κ1) is 15.1. The zero-order chi connectivity index (χ0) is 16.4. The zero-order valence-corrected chi connectivity index (χ0v) is 14.1. The van der Waals surface area contributed by atoms with Crippen molar-refractivity contribution in [2.45, 2.75) is 18.9 Å². The average Bonchev–Trinajstić information content (AvgIpc) is 3.26. The number of fused-ring (bicyclic) bond motifs is 1. The molecule has 1 atom stereocenters. The van der Waals surface area contributed by atoms with E-state index < -0.39 is 0 Å². The standard InChI is InChI=1S/C19H19N3OS/c23-18(12-15-6-3-5-14-4-1-2-7-17(14)15)21-16-8-10-22(13-16)19-20-9-11-24-19/h1-7,9,11,16H,8,10,12-13H2,(H,21,23)/t16-/m1/s1. The molecule has 1 amide bonds. The maximum Gasteiger partial charge on any atom is 0.224 e. The fourth-order valence-electron chi connectivity index (χ4n) is 3.32. The van der Waals surface area contributed by atoms with Crippen molar-refractivity contribution < 1.29 is 4.79 Å². The van der Waals surface area contributed by atoms with Gasteiger partial charge in [-0.2, -0.15) is 0 Å². The number of amides is 1. The van der Waals surface area contributed by atoms with Crippen LogP contribution in [-0.2, 0) is 11.2 Å². The summed E-state index contributed by atoms with van der Waals surface area (Å²) >= 11 is 1.65. The van der Waals surface area contributed by atoms with E-state index >= 15 is 0 Å². The van der Waals surface area contributed by atoms with Crippen molar-refractivity contribution in [2.75, 3.05) is 18.0 Å². The Kier molecular flexibility index (Phi) is 4.17. The molecule has 1 fully saturated rings. The number of carbonyl (C=O) groups is 1. The van der Waals surface area contributed by atoms with E-state index in [1.54, 1.807) is 11.3 Å². The Hall–Kier alpha value is -2.40. The monoisotopic (exact) mass is 337 g/mol. The van der Waals surface area contributed by atoms with Crippen LogP contribution in [0.15, 0.2) is 54.0 Å². The second-order valence-corrected chi connectivity index (χ2v) is 7.00. The van der Waals surface area contributed by atoms with Gasteiger partial charge in [0, 0.05) is 30.7 Å². The number of nitrogens with one attached hydrogen (secondary N) is 1. The number of carbonyl (C=O) groups excluding carboxylic acids is 1. The van der Waals surface area contributed by atoms with Crippen molar-refractivity contribution in [3.05, 3.63) is 59.6 Å². The average molecular weight is 337 g/mol. The predicted molar refractivity (Wildman–Crippen MR) is 98.5 cm³/mol. The van der Waals surface area contributed by atoms with Gasteiger partial charge in [0.05, 0.1) is 6.42 Å². The Morgan fingerprint density at radius 2 is 2.12 bits per heavy atom. The van der Waals surface area contributed by atoms with Crippen LogP contribution in [0, 0.1) is 0 Å². The molecule has 24 heavy (non-hydrogen) atoms. The summed E-state index contributed by atoms with van der Waals surface area (Å²) in [5.41, 5.74) is 1.08. The summed E-state index contributed by atoms with van der Waals surface area (Å²) in [6, 6.07) is 14.6. The first-order valence-corrected chi connectivity index (χ1v) is 9.08. The summed E-state index contributed by atoms with van der Waals surface area (Å²) in [6.45, 7) is 1.79. The van der Waals surface area contributed by atoms with E-state index in [9.17, 15) is 4.79 Å². The minimum absolute atomic E-state index is 0.0948. The van der Waals surface area contributed by atoms with Gasteiger partial charge in [0.2, 0.25) is 5.91 Å². The van der Waals surface area contributed by atoms with E-state index in [-0.39, 0.29) is 11.9 Å². The second kappa shape index (κ2) is 6.61. The Morgan fingerprint density at radius 3 is 3.00 bits per heavy atom. The van der Waals surface area contributed by atoms with Crippen LogP contribution in [0.5, 0.6) is 0 Å². The maximum absolute atomic E-state index is 12.5. The third-order valence-corrected chi connectivity index (χ3v) is 5.31. The smallest absolute Gasteiger partial charge is 0.224 e. The molecule has 4 nitrogen and oxygen atoms in total. The first-order chi connectivity index (χ1) is 11.8. The molecule has 0 unspecified atom stereocenters. The minimum atomic E-state index is 0.0948. The topological polar surface area (TPSA) is 45.2 Å². The summed E-state index contributed by atoms with van der Waals surface area (Å²) < 4.78 is 0. The highest BCUT2D eigenvalue weighted by molar-refractivity contribution is 7.13. The van der Waals surface area contributed by atoms with Gasteiger partial charge in [-0.1, -0.05) is 42.5 Å². The van der Waals surface area contributed by atoms with Crippen LogP contribution < -0.4 is 10.2 Å². The van der Waals surface area contributed by atoms with E-state index in [1.807, 2.05) is 35.8 Å². The molecule has 0 saturated carbocycles. The number of aromatic nitrogens is 1. The van der Waals surface area contributed by atoms with Crippen LogP contribution in [0.25, 0.3) is 10.8 Å². The molecular formula is C19H19N3OS. The molecule has 0 bridgehead atoms. The number of nitrogens with zero attached hydrogens (tertiary/aromatic N) is 2. The number of anilines is 1. The molecular weight excluding hydrogens is 318 g/mol. The highest BCUT2D eigenvalue weighted by atomic mass is 32.1. The molecule has 1 N–H and O–H groups in total. The minimum Gasteiger partial charge on any atom is -0.351 e. The molecule has 0 aliphatic carbocycles. The van der Waals surface area contributed by atoms with Crippen LogP contribution in [0.4, 0.5) is 5.13 Å². The fraction of sp³-hybridized carbons (Fsp3) is 0.263. The van der Waals surface area contributed by atoms with E-state index in [2.05, 4.69) is 33.4 Å². The maximum atomic E-state index is 12.5. The van der Waals surface area contributed by atoms with Crippen LogP contribution >= 0.6 is 11.3 Å². The normalized spacial score (nSPS) is 17.3. The highest BCUT2D eigenvalue weighted by Crippen LogP contribution is 2.23. The molecule has 122 valence electrons. The van der Waals surface area contributed by atoms with Gasteiger partial charge < -0.3 is 10.2 Å². The third kappa shape index (κ3) is 3.12. The van der Waals surface area contributed by atoms with Crippen LogP contribution in [-0.4, -0.2) is 30.0 Å². The lowest BCUT2D eigenvalue weighted by atomic mass is 10.0. The Morgan fingerprint density at radius 1 is 1.25 bits per heavy atom. The number of rotatable bonds is 4. The van der Waals surface area contributed by atoms with Gasteiger partial charge in [-0.3, -0.25) is 4.79 Å². The lowest BCUT2D eigenvalue weighted by Gasteiger charge is -2.16.